The van der Waals surface area contributed by atoms with Gasteiger partial charge >= 0.3 is 0 Å². The third-order valence-electron chi connectivity index (χ3n) is 1.68. The quantitative estimate of drug-likeness (QED) is 0.813. The largest absolute Gasteiger partial charge is 0.324 e. The van der Waals surface area contributed by atoms with E-state index < -0.39 is 15.1 Å². The van der Waals surface area contributed by atoms with Crippen molar-refractivity contribution in [2.45, 2.75) is 24.3 Å². The summed E-state index contributed by atoms with van der Waals surface area (Å²) in [5.74, 6) is 0. The van der Waals surface area contributed by atoms with Crippen molar-refractivity contribution in [1.82, 2.24) is 9.55 Å². The number of hydrogen-bond donors (Lipinski definition) is 0. The Labute approximate surface area is 86.0 Å². The Morgan fingerprint density at radius 1 is 1.54 bits per heavy atom. The summed E-state index contributed by atoms with van der Waals surface area (Å²) >= 11 is 3.13. The highest BCUT2D eigenvalue weighted by Crippen LogP contribution is 2.17. The maximum atomic E-state index is 11.7. The van der Waals surface area contributed by atoms with E-state index in [1.807, 2.05) is 0 Å². The van der Waals surface area contributed by atoms with Gasteiger partial charge in [0.25, 0.3) is 0 Å². The average Bonchev–Trinajstić information content (AvgIpc) is 2.30. The Morgan fingerprint density at radius 3 is 2.38 bits per heavy atom. The fourth-order valence-corrected chi connectivity index (χ4v) is 2.58. The van der Waals surface area contributed by atoms with E-state index in [4.69, 9.17) is 0 Å². The van der Waals surface area contributed by atoms with Gasteiger partial charge in [-0.1, -0.05) is 0 Å². The van der Waals surface area contributed by atoms with Gasteiger partial charge in [-0.3, -0.25) is 0 Å². The van der Waals surface area contributed by atoms with Crippen LogP contribution in [0.1, 0.15) is 13.8 Å². The van der Waals surface area contributed by atoms with Gasteiger partial charge in [0.2, 0.25) is 15.0 Å². The summed E-state index contributed by atoms with van der Waals surface area (Å²) in [6.45, 7) is 3.27. The van der Waals surface area contributed by atoms with E-state index in [0.29, 0.717) is 4.60 Å². The van der Waals surface area contributed by atoms with Crippen LogP contribution in [0.4, 0.5) is 0 Å². The van der Waals surface area contributed by atoms with Crippen molar-refractivity contribution in [1.29, 1.82) is 0 Å². The summed E-state index contributed by atoms with van der Waals surface area (Å²) in [5, 5.41) is -0.338. The topological polar surface area (TPSA) is 52.0 Å². The first-order valence-corrected chi connectivity index (χ1v) is 6.12. The second kappa shape index (κ2) is 3.42. The van der Waals surface area contributed by atoms with Gasteiger partial charge in [-0.15, -0.1) is 0 Å². The third kappa shape index (κ3) is 1.94. The Morgan fingerprint density at radius 2 is 2.08 bits per heavy atom. The minimum Gasteiger partial charge on any atom is -0.324 e. The smallest absolute Gasteiger partial charge is 0.228 e. The minimum atomic E-state index is -3.26. The monoisotopic (exact) mass is 266 g/mol. The van der Waals surface area contributed by atoms with Crippen LogP contribution in [0.15, 0.2) is 16.0 Å². The van der Waals surface area contributed by atoms with Gasteiger partial charge in [0, 0.05) is 13.2 Å². The molecule has 74 valence electrons. The molecule has 0 aliphatic heterocycles. The molecule has 0 bridgehead atoms. The molecular weight excluding hydrogens is 256 g/mol. The second-order valence-corrected chi connectivity index (χ2v) is 6.26. The predicted octanol–water partition coefficient (Wildman–Crippen LogP) is 1.36. The zero-order valence-electron chi connectivity index (χ0n) is 7.65. The summed E-state index contributed by atoms with van der Waals surface area (Å²) in [7, 11) is -1.61. The van der Waals surface area contributed by atoms with Crippen molar-refractivity contribution in [2.24, 2.45) is 7.05 Å². The van der Waals surface area contributed by atoms with Crippen LogP contribution < -0.4 is 0 Å². The van der Waals surface area contributed by atoms with Gasteiger partial charge in [-0.2, -0.15) is 0 Å². The first-order valence-electron chi connectivity index (χ1n) is 3.78. The van der Waals surface area contributed by atoms with Crippen LogP contribution in [0, 0.1) is 0 Å². The fraction of sp³-hybridized carbons (Fsp3) is 0.571. The first kappa shape index (κ1) is 10.7. The predicted molar refractivity (Wildman–Crippen MR) is 53.2 cm³/mol. The zero-order chi connectivity index (χ0) is 10.2. The number of hydrogen-bond acceptors (Lipinski definition) is 3. The van der Waals surface area contributed by atoms with Crippen LogP contribution in [0.3, 0.4) is 0 Å². The number of nitrogens with zero attached hydrogens (tertiary/aromatic N) is 2. The standard InChI is InChI=1S/C7H11BrN2O2S/c1-5(2)13(11,12)7-9-6(8)4-10(7)3/h4-5H,1-3H3. The fourth-order valence-electron chi connectivity index (χ4n) is 0.889. The number of halogens is 1. The number of aryl methyl sites for hydroxylation is 1. The van der Waals surface area contributed by atoms with Crippen LogP contribution in [0.5, 0.6) is 0 Å². The molecule has 1 rings (SSSR count). The molecule has 0 fully saturated rings. The second-order valence-electron chi connectivity index (χ2n) is 3.05. The highest BCUT2D eigenvalue weighted by Gasteiger charge is 2.24. The molecular formula is C7H11BrN2O2S. The number of rotatable bonds is 2. The Balaban J connectivity index is 3.31. The molecule has 0 spiro atoms. The van der Waals surface area contributed by atoms with E-state index >= 15 is 0 Å². The maximum absolute atomic E-state index is 11.7. The summed E-state index contributed by atoms with van der Waals surface area (Å²) in [6, 6.07) is 0. The lowest BCUT2D eigenvalue weighted by atomic mass is 10.6. The molecule has 13 heavy (non-hydrogen) atoms. The van der Waals surface area contributed by atoms with E-state index in [9.17, 15) is 8.42 Å². The molecule has 0 N–H and O–H groups in total. The molecule has 0 aliphatic carbocycles. The molecule has 1 heterocycles. The number of imidazole rings is 1. The van der Waals surface area contributed by atoms with Crippen LogP contribution in [0.25, 0.3) is 0 Å². The lowest BCUT2D eigenvalue weighted by molar-refractivity contribution is 0.570. The third-order valence-corrected chi connectivity index (χ3v) is 4.19. The lowest BCUT2D eigenvalue weighted by Crippen LogP contribution is -2.18. The van der Waals surface area contributed by atoms with Crippen molar-refractivity contribution < 1.29 is 8.42 Å². The minimum absolute atomic E-state index is 0.106. The van der Waals surface area contributed by atoms with Gasteiger partial charge in [0.1, 0.15) is 4.60 Å². The molecule has 0 unspecified atom stereocenters. The summed E-state index contributed by atoms with van der Waals surface area (Å²) in [6.07, 6.45) is 1.62. The highest BCUT2D eigenvalue weighted by atomic mass is 79.9. The number of sulfone groups is 1. The molecule has 0 saturated heterocycles. The van der Waals surface area contributed by atoms with Crippen molar-refractivity contribution in [3.63, 3.8) is 0 Å². The van der Waals surface area contributed by atoms with Gasteiger partial charge in [-0.25, -0.2) is 13.4 Å². The van der Waals surface area contributed by atoms with Gasteiger partial charge in [0.05, 0.1) is 5.25 Å². The molecule has 4 nitrogen and oxygen atoms in total. The zero-order valence-corrected chi connectivity index (χ0v) is 10.1. The van der Waals surface area contributed by atoms with Crippen molar-refractivity contribution in [2.75, 3.05) is 0 Å². The number of aromatic nitrogens is 2. The first-order chi connectivity index (χ1) is 5.85. The highest BCUT2D eigenvalue weighted by molar-refractivity contribution is 9.10. The van der Waals surface area contributed by atoms with E-state index in [1.54, 1.807) is 27.1 Å². The van der Waals surface area contributed by atoms with Gasteiger partial charge in [0.15, 0.2) is 0 Å². The average molecular weight is 267 g/mol. The lowest BCUT2D eigenvalue weighted by Gasteiger charge is -2.05. The Bertz CT molecular complexity index is 408. The van der Waals surface area contributed by atoms with Crippen molar-refractivity contribution >= 4 is 25.8 Å². The summed E-state index contributed by atoms with van der Waals surface area (Å²) < 4.78 is 25.4. The van der Waals surface area contributed by atoms with Crippen LogP contribution >= 0.6 is 15.9 Å². The van der Waals surface area contributed by atoms with E-state index in [1.165, 1.54) is 4.57 Å². The normalized spacial score (nSPS) is 12.4. The molecule has 1 aromatic heterocycles. The van der Waals surface area contributed by atoms with Gasteiger partial charge in [-0.05, 0) is 29.8 Å². The van der Waals surface area contributed by atoms with E-state index in [0.717, 1.165) is 0 Å². The molecule has 6 heteroatoms. The Kier molecular flexibility index (Phi) is 2.82. The van der Waals surface area contributed by atoms with E-state index in [-0.39, 0.29) is 5.16 Å². The summed E-state index contributed by atoms with van der Waals surface area (Å²) in [5.41, 5.74) is 0. The van der Waals surface area contributed by atoms with Crippen LogP contribution in [-0.4, -0.2) is 23.2 Å². The SMILES string of the molecule is CC(C)S(=O)(=O)c1nc(Br)cn1C. The summed E-state index contributed by atoms with van der Waals surface area (Å²) in [4.78, 5) is 3.89. The van der Waals surface area contributed by atoms with Gasteiger partial charge < -0.3 is 4.57 Å². The van der Waals surface area contributed by atoms with Crippen LogP contribution in [-0.2, 0) is 16.9 Å². The van der Waals surface area contributed by atoms with Crippen molar-refractivity contribution in [3.05, 3.63) is 10.8 Å². The van der Waals surface area contributed by atoms with Crippen molar-refractivity contribution in [3.8, 4) is 0 Å². The molecule has 0 atom stereocenters. The molecule has 1 aromatic rings. The Hall–Kier alpha value is -0.360. The molecule has 0 saturated carbocycles. The molecule has 0 radical (unpaired) electrons. The maximum Gasteiger partial charge on any atom is 0.228 e. The molecule has 0 amide bonds. The molecule has 0 aromatic carbocycles. The van der Waals surface area contributed by atoms with E-state index in [2.05, 4.69) is 20.9 Å². The van der Waals surface area contributed by atoms with Crippen LogP contribution in [0.2, 0.25) is 0 Å². The molecule has 0 aliphatic rings.